The first-order chi connectivity index (χ1) is 16.6. The molecule has 0 unspecified atom stereocenters. The molecule has 184 valence electrons. The van der Waals surface area contributed by atoms with Gasteiger partial charge in [-0.2, -0.15) is 0 Å². The molecule has 5 nitrogen and oxygen atoms in total. The number of carbonyl (C=O) groups excluding carboxylic acids is 1. The molecule has 11 heteroatoms. The van der Waals surface area contributed by atoms with Gasteiger partial charge in [-0.15, -0.1) is 0 Å². The molecule has 1 atom stereocenters. The first-order valence-corrected chi connectivity index (χ1v) is 13.3. The lowest BCUT2D eigenvalue weighted by Crippen LogP contribution is -2.57. The van der Waals surface area contributed by atoms with E-state index < -0.39 is 15.9 Å². The molecule has 0 aromatic heterocycles. The number of halogens is 5. The van der Waals surface area contributed by atoms with E-state index in [1.807, 2.05) is 60.7 Å². The van der Waals surface area contributed by atoms with Crippen molar-refractivity contribution >= 4 is 95.6 Å². The number of ether oxygens (including phenoxy) is 1. The summed E-state index contributed by atoms with van der Waals surface area (Å²) in [7, 11) is 1.57. The predicted molar refractivity (Wildman–Crippen MR) is 155 cm³/mol. The highest BCUT2D eigenvalue weighted by atomic mass is 79.9. The smallest absolute Gasteiger partial charge is 0.233 e. The number of alkyl halides is 3. The summed E-state index contributed by atoms with van der Waals surface area (Å²) in [5.74, 6) is -0.339. The van der Waals surface area contributed by atoms with Crippen molar-refractivity contribution in [3.63, 3.8) is 0 Å². The van der Waals surface area contributed by atoms with Crippen LogP contribution in [0.4, 0.5) is 5.69 Å². The van der Waals surface area contributed by atoms with Gasteiger partial charge >= 0.3 is 0 Å². The molecule has 0 aliphatic heterocycles. The van der Waals surface area contributed by atoms with Gasteiger partial charge in [-0.1, -0.05) is 95.5 Å². The van der Waals surface area contributed by atoms with Gasteiger partial charge in [0.25, 0.3) is 0 Å². The van der Waals surface area contributed by atoms with E-state index in [2.05, 4.69) is 47.8 Å². The van der Waals surface area contributed by atoms with Crippen molar-refractivity contribution in [3.05, 3.63) is 92.9 Å². The third-order valence-corrected chi connectivity index (χ3v) is 7.03. The fourth-order valence-corrected chi connectivity index (χ4v) is 5.17. The molecule has 3 aromatic rings. The quantitative estimate of drug-likeness (QED) is 0.141. The van der Waals surface area contributed by atoms with Crippen LogP contribution in [0.25, 0.3) is 0 Å². The van der Waals surface area contributed by atoms with E-state index in [0.29, 0.717) is 20.4 Å². The zero-order valence-electron chi connectivity index (χ0n) is 18.2. The Morgan fingerprint density at radius 1 is 0.914 bits per heavy atom. The lowest BCUT2D eigenvalue weighted by molar-refractivity contribution is -0.122. The molecule has 0 spiro atoms. The zero-order valence-corrected chi connectivity index (χ0v) is 24.5. The van der Waals surface area contributed by atoms with Gasteiger partial charge in [0.05, 0.1) is 18.7 Å². The zero-order chi connectivity index (χ0) is 25.6. The summed E-state index contributed by atoms with van der Waals surface area (Å²) in [5.41, 5.74) is 2.22. The highest BCUT2D eigenvalue weighted by molar-refractivity contribution is 9.11. The Morgan fingerprint density at radius 2 is 1.40 bits per heavy atom. The van der Waals surface area contributed by atoms with Crippen LogP contribution in [0.2, 0.25) is 0 Å². The van der Waals surface area contributed by atoms with Crippen LogP contribution in [-0.2, 0) is 4.79 Å². The van der Waals surface area contributed by atoms with Crippen LogP contribution >= 0.6 is 78.9 Å². The topological polar surface area (TPSA) is 62.4 Å². The summed E-state index contributed by atoms with van der Waals surface area (Å²) in [6.07, 6.45) is -1.13. The van der Waals surface area contributed by atoms with Gasteiger partial charge < -0.3 is 20.7 Å². The van der Waals surface area contributed by atoms with Crippen LogP contribution in [0, 0.1) is 0 Å². The maximum Gasteiger partial charge on any atom is 0.233 e. The van der Waals surface area contributed by atoms with Gasteiger partial charge in [0.2, 0.25) is 9.70 Å². The lowest BCUT2D eigenvalue weighted by Gasteiger charge is -2.30. The van der Waals surface area contributed by atoms with Crippen LogP contribution < -0.4 is 20.7 Å². The molecule has 0 fully saturated rings. The summed E-state index contributed by atoms with van der Waals surface area (Å²) < 4.78 is 4.72. The normalized spacial score (nSPS) is 12.1. The first kappa shape index (κ1) is 28.0. The maximum absolute atomic E-state index is 13.5. The average Bonchev–Trinajstić information content (AvgIpc) is 2.82. The van der Waals surface area contributed by atoms with E-state index in [1.165, 1.54) is 0 Å². The third-order valence-electron chi connectivity index (χ3n) is 4.91. The molecule has 3 rings (SSSR count). The Bertz CT molecular complexity index is 1120. The summed E-state index contributed by atoms with van der Waals surface area (Å²) in [6, 6.07) is 22.3. The number of thiocarbonyl (C=S) groups is 1. The van der Waals surface area contributed by atoms with Crippen molar-refractivity contribution in [3.8, 4) is 5.75 Å². The lowest BCUT2D eigenvalue weighted by atomic mass is 9.90. The number of anilines is 1. The van der Waals surface area contributed by atoms with E-state index in [-0.39, 0.29) is 11.0 Å². The molecule has 0 radical (unpaired) electrons. The molecule has 3 N–H and O–H groups in total. The number of hydrogen-bond donors (Lipinski definition) is 3. The largest absolute Gasteiger partial charge is 0.497 e. The second-order valence-corrected chi connectivity index (χ2v) is 11.8. The summed E-state index contributed by atoms with van der Waals surface area (Å²) in [5, 5.41) is 8.87. The molecule has 3 aromatic carbocycles. The summed E-state index contributed by atoms with van der Waals surface area (Å²) in [4.78, 5) is 13.5. The van der Waals surface area contributed by atoms with Gasteiger partial charge in [-0.05, 0) is 67.3 Å². The molecule has 0 aliphatic rings. The Kier molecular flexibility index (Phi) is 10.1. The number of rotatable bonds is 7. The highest BCUT2D eigenvalue weighted by Gasteiger charge is 2.37. The molecule has 0 heterocycles. The Balaban J connectivity index is 1.82. The molecule has 1 amide bonds. The number of hydrogen-bond acceptors (Lipinski definition) is 3. The maximum atomic E-state index is 13.5. The molecule has 0 saturated heterocycles. The standard InChI is InChI=1S/C24H20Br2Cl3N3O2S/c1-34-16-12-17(25)20(18(26)13-16)30-23(35)32-22(24(27,28)29)31-21(33)19(14-8-4-2-5-9-14)15-10-6-3-7-11-15/h2-13,19,22H,1H3,(H,31,33)(H2,30,32,35)/t22-/m1/s1. The molecule has 0 bridgehead atoms. The average molecular weight is 681 g/mol. The number of carbonyl (C=O) groups is 1. The number of benzene rings is 3. The van der Waals surface area contributed by atoms with Gasteiger partial charge in [0, 0.05) is 8.95 Å². The fourth-order valence-electron chi connectivity index (χ4n) is 3.28. The van der Waals surface area contributed by atoms with E-state index in [1.54, 1.807) is 19.2 Å². The SMILES string of the molecule is COc1cc(Br)c(NC(=S)N[C@@H](NC(=O)C(c2ccccc2)c2ccccc2)C(Cl)(Cl)Cl)c(Br)c1. The summed E-state index contributed by atoms with van der Waals surface area (Å²) in [6.45, 7) is 0. The molecule has 0 saturated carbocycles. The third kappa shape index (κ3) is 7.71. The van der Waals surface area contributed by atoms with Crippen molar-refractivity contribution < 1.29 is 9.53 Å². The number of methoxy groups -OCH3 is 1. The number of nitrogens with one attached hydrogen (secondary N) is 3. The first-order valence-electron chi connectivity index (χ1n) is 10.2. The van der Waals surface area contributed by atoms with Crippen molar-refractivity contribution in [2.24, 2.45) is 0 Å². The Labute approximate surface area is 241 Å². The molecule has 35 heavy (non-hydrogen) atoms. The highest BCUT2D eigenvalue weighted by Crippen LogP contribution is 2.36. The molecule has 0 aliphatic carbocycles. The van der Waals surface area contributed by atoms with Gasteiger partial charge in [0.1, 0.15) is 11.9 Å². The van der Waals surface area contributed by atoms with Crippen molar-refractivity contribution in [1.29, 1.82) is 0 Å². The van der Waals surface area contributed by atoms with Gasteiger partial charge in [0.15, 0.2) is 5.11 Å². The van der Waals surface area contributed by atoms with E-state index in [4.69, 9.17) is 51.8 Å². The predicted octanol–water partition coefficient (Wildman–Crippen LogP) is 7.15. The van der Waals surface area contributed by atoms with E-state index >= 15 is 0 Å². The molecular weight excluding hydrogens is 661 g/mol. The van der Waals surface area contributed by atoms with Crippen LogP contribution in [-0.4, -0.2) is 28.1 Å². The Morgan fingerprint density at radius 3 is 1.83 bits per heavy atom. The van der Waals surface area contributed by atoms with Crippen molar-refractivity contribution in [1.82, 2.24) is 10.6 Å². The molecular formula is C24H20Br2Cl3N3O2S. The van der Waals surface area contributed by atoms with Crippen molar-refractivity contribution in [2.75, 3.05) is 12.4 Å². The van der Waals surface area contributed by atoms with Gasteiger partial charge in [-0.3, -0.25) is 4.79 Å². The van der Waals surface area contributed by atoms with Crippen LogP contribution in [0.3, 0.4) is 0 Å². The van der Waals surface area contributed by atoms with Crippen molar-refractivity contribution in [2.45, 2.75) is 15.9 Å². The van der Waals surface area contributed by atoms with E-state index in [0.717, 1.165) is 11.1 Å². The minimum atomic E-state index is -1.91. The van der Waals surface area contributed by atoms with Crippen LogP contribution in [0.1, 0.15) is 17.0 Å². The van der Waals surface area contributed by atoms with Crippen LogP contribution in [0.5, 0.6) is 5.75 Å². The summed E-state index contributed by atoms with van der Waals surface area (Å²) >= 11 is 31.1. The monoisotopic (exact) mass is 677 g/mol. The fraction of sp³-hybridized carbons (Fsp3) is 0.167. The number of amides is 1. The minimum Gasteiger partial charge on any atom is -0.497 e. The Hall–Kier alpha value is -1.55. The second-order valence-electron chi connectivity index (χ2n) is 7.30. The minimum absolute atomic E-state index is 0.129. The van der Waals surface area contributed by atoms with E-state index in [9.17, 15) is 4.79 Å². The van der Waals surface area contributed by atoms with Crippen LogP contribution in [0.15, 0.2) is 81.7 Å². The van der Waals surface area contributed by atoms with Gasteiger partial charge in [-0.25, -0.2) is 0 Å². The second kappa shape index (κ2) is 12.6.